The van der Waals surface area contributed by atoms with Crippen LogP contribution in [0, 0.1) is 0 Å². The van der Waals surface area contributed by atoms with Gasteiger partial charge >= 0.3 is 12.1 Å². The minimum atomic E-state index is -4.46. The maximum atomic E-state index is 12.5. The van der Waals surface area contributed by atoms with Crippen LogP contribution in [0.25, 0.3) is 11.3 Å². The third-order valence-electron chi connectivity index (χ3n) is 3.57. The first kappa shape index (κ1) is 19.4. The molecule has 0 atom stereocenters. The highest BCUT2D eigenvalue weighted by atomic mass is 35.5. The molecule has 2 N–H and O–H groups in total. The van der Waals surface area contributed by atoms with Gasteiger partial charge in [-0.3, -0.25) is 5.43 Å². The summed E-state index contributed by atoms with van der Waals surface area (Å²) in [4.78, 5) is 14.7. The van der Waals surface area contributed by atoms with Crippen molar-refractivity contribution in [2.24, 2.45) is 5.10 Å². The Labute approximate surface area is 161 Å². The number of pyridine rings is 1. The minimum absolute atomic E-state index is 0.0565. The normalized spacial score (nSPS) is 11.7. The highest BCUT2D eigenvalue weighted by Gasteiger charge is 2.30. The topological polar surface area (TPSA) is 87.7 Å². The average Bonchev–Trinajstić information content (AvgIpc) is 3.10. The molecule has 0 amide bonds. The molecule has 0 saturated carbocycles. The van der Waals surface area contributed by atoms with Gasteiger partial charge in [0.1, 0.15) is 17.3 Å². The number of alkyl halides is 3. The zero-order chi connectivity index (χ0) is 20.3. The zero-order valence-electron chi connectivity index (χ0n) is 13.9. The van der Waals surface area contributed by atoms with Crippen LogP contribution in [-0.2, 0) is 6.18 Å². The summed E-state index contributed by atoms with van der Waals surface area (Å²) in [6.07, 6.45) is -2.48. The van der Waals surface area contributed by atoms with Crippen LogP contribution in [0.4, 0.5) is 19.0 Å². The van der Waals surface area contributed by atoms with Crippen molar-refractivity contribution in [2.75, 3.05) is 5.43 Å². The van der Waals surface area contributed by atoms with Crippen molar-refractivity contribution in [3.05, 3.63) is 70.6 Å². The van der Waals surface area contributed by atoms with E-state index in [1.165, 1.54) is 24.4 Å². The third kappa shape index (κ3) is 4.49. The van der Waals surface area contributed by atoms with E-state index in [0.717, 1.165) is 12.1 Å². The molecule has 0 saturated heterocycles. The van der Waals surface area contributed by atoms with Gasteiger partial charge in [0.05, 0.1) is 22.4 Å². The number of hydrogen-bond acceptors (Lipinski definition) is 5. The van der Waals surface area contributed by atoms with E-state index in [1.54, 1.807) is 12.1 Å². The van der Waals surface area contributed by atoms with Gasteiger partial charge in [0.15, 0.2) is 0 Å². The molecule has 3 rings (SSSR count). The minimum Gasteiger partial charge on any atom is -0.478 e. The van der Waals surface area contributed by atoms with Gasteiger partial charge < -0.3 is 9.52 Å². The van der Waals surface area contributed by atoms with Crippen molar-refractivity contribution in [1.82, 2.24) is 4.98 Å². The number of benzene rings is 1. The molecule has 0 aliphatic rings. The van der Waals surface area contributed by atoms with E-state index in [9.17, 15) is 18.0 Å². The summed E-state index contributed by atoms with van der Waals surface area (Å²) in [6.45, 7) is 0. The summed E-state index contributed by atoms with van der Waals surface area (Å²) in [5.74, 6) is -0.332. The highest BCUT2D eigenvalue weighted by Crippen LogP contribution is 2.30. The Balaban J connectivity index is 1.71. The van der Waals surface area contributed by atoms with Crippen LogP contribution in [0.15, 0.2) is 58.2 Å². The first-order valence-electron chi connectivity index (χ1n) is 7.69. The molecule has 1 aromatic carbocycles. The van der Waals surface area contributed by atoms with Crippen LogP contribution in [0.5, 0.6) is 0 Å². The second-order valence-electron chi connectivity index (χ2n) is 5.50. The Morgan fingerprint density at radius 1 is 1.21 bits per heavy atom. The number of carbonyl (C=O) groups is 1. The Kier molecular flexibility index (Phi) is 5.36. The van der Waals surface area contributed by atoms with Crippen LogP contribution in [-0.4, -0.2) is 22.3 Å². The van der Waals surface area contributed by atoms with Gasteiger partial charge in [-0.1, -0.05) is 11.6 Å². The number of carboxylic acids is 1. The lowest BCUT2D eigenvalue weighted by Crippen LogP contribution is -2.05. The largest absolute Gasteiger partial charge is 0.478 e. The fourth-order valence-corrected chi connectivity index (χ4v) is 2.41. The summed E-state index contributed by atoms with van der Waals surface area (Å²) < 4.78 is 43.0. The monoisotopic (exact) mass is 409 g/mol. The molecule has 6 nitrogen and oxygen atoms in total. The fraction of sp³-hybridized carbons (Fsp3) is 0.0556. The van der Waals surface area contributed by atoms with E-state index >= 15 is 0 Å². The number of nitrogens with one attached hydrogen (secondary N) is 1. The van der Waals surface area contributed by atoms with Crippen molar-refractivity contribution < 1.29 is 27.5 Å². The van der Waals surface area contributed by atoms with Crippen molar-refractivity contribution in [1.29, 1.82) is 0 Å². The van der Waals surface area contributed by atoms with Crippen LogP contribution in [0.1, 0.15) is 21.7 Å². The van der Waals surface area contributed by atoms with Gasteiger partial charge in [0.2, 0.25) is 0 Å². The Morgan fingerprint density at radius 3 is 2.64 bits per heavy atom. The molecule has 0 spiro atoms. The maximum absolute atomic E-state index is 12.5. The van der Waals surface area contributed by atoms with Gasteiger partial charge in [-0.2, -0.15) is 18.3 Å². The van der Waals surface area contributed by atoms with E-state index in [2.05, 4.69) is 15.5 Å². The number of carboxylic acid groups (broad SMARTS) is 1. The molecular weight excluding hydrogens is 399 g/mol. The standard InChI is InChI=1S/C18H11ClF3N3O3/c19-14-4-1-10(17(26)27)7-13(14)15-5-3-12(28-15)9-24-25-16-6-2-11(8-23-16)18(20,21)22/h1-9H,(H,23,25)(H,26,27)/b24-9-. The van der Waals surface area contributed by atoms with Crippen LogP contribution < -0.4 is 5.43 Å². The molecule has 2 aromatic heterocycles. The fourth-order valence-electron chi connectivity index (χ4n) is 2.20. The van der Waals surface area contributed by atoms with Gasteiger partial charge in [-0.25, -0.2) is 9.78 Å². The molecule has 0 aliphatic heterocycles. The number of hydrazone groups is 1. The van der Waals surface area contributed by atoms with Crippen LogP contribution in [0.2, 0.25) is 5.02 Å². The number of furan rings is 1. The molecule has 0 aliphatic carbocycles. The smallest absolute Gasteiger partial charge is 0.417 e. The number of aromatic nitrogens is 1. The predicted molar refractivity (Wildman–Crippen MR) is 96.6 cm³/mol. The van der Waals surface area contributed by atoms with E-state index in [1.807, 2.05) is 0 Å². The molecule has 0 bridgehead atoms. The first-order valence-corrected chi connectivity index (χ1v) is 8.07. The molecule has 28 heavy (non-hydrogen) atoms. The third-order valence-corrected chi connectivity index (χ3v) is 3.90. The number of nitrogens with zero attached hydrogens (tertiary/aromatic N) is 2. The van der Waals surface area contributed by atoms with Gasteiger partial charge in [-0.15, -0.1) is 0 Å². The predicted octanol–water partition coefficient (Wildman–Crippen LogP) is 5.16. The Morgan fingerprint density at radius 2 is 2.00 bits per heavy atom. The summed E-state index contributed by atoms with van der Waals surface area (Å²) in [5, 5.41) is 13.2. The van der Waals surface area contributed by atoms with Crippen LogP contribution in [0.3, 0.4) is 0 Å². The summed E-state index contributed by atoms with van der Waals surface area (Å²) >= 11 is 6.09. The quantitative estimate of drug-likeness (QED) is 0.449. The second-order valence-corrected chi connectivity index (χ2v) is 5.91. The van der Waals surface area contributed by atoms with Crippen LogP contribution >= 0.6 is 11.6 Å². The number of halogens is 4. The van der Waals surface area contributed by atoms with E-state index < -0.39 is 17.7 Å². The Hall–Kier alpha value is -3.33. The lowest BCUT2D eigenvalue weighted by atomic mass is 10.1. The highest BCUT2D eigenvalue weighted by molar-refractivity contribution is 6.33. The SMILES string of the molecule is O=C(O)c1ccc(Cl)c(-c2ccc(/C=N\Nc3ccc(C(F)(F)F)cn3)o2)c1. The molecule has 0 radical (unpaired) electrons. The zero-order valence-corrected chi connectivity index (χ0v) is 14.6. The number of hydrogen-bond donors (Lipinski definition) is 2. The van der Waals surface area contributed by atoms with E-state index in [4.69, 9.17) is 21.1 Å². The van der Waals surface area contributed by atoms with E-state index in [0.29, 0.717) is 28.3 Å². The molecule has 3 aromatic rings. The van der Waals surface area contributed by atoms with Crippen molar-refractivity contribution >= 4 is 29.6 Å². The Bertz CT molecular complexity index is 1030. The molecule has 144 valence electrons. The summed E-state index contributed by atoms with van der Waals surface area (Å²) in [6, 6.07) is 9.40. The van der Waals surface area contributed by atoms with Crippen molar-refractivity contribution in [3.8, 4) is 11.3 Å². The average molecular weight is 410 g/mol. The van der Waals surface area contributed by atoms with Crippen molar-refractivity contribution in [2.45, 2.75) is 6.18 Å². The molecule has 2 heterocycles. The molecule has 10 heteroatoms. The summed E-state index contributed by atoms with van der Waals surface area (Å²) in [5.41, 5.74) is 2.08. The lowest BCUT2D eigenvalue weighted by molar-refractivity contribution is -0.137. The van der Waals surface area contributed by atoms with Gasteiger partial charge in [0, 0.05) is 11.8 Å². The molecule has 0 unspecified atom stereocenters. The lowest BCUT2D eigenvalue weighted by Gasteiger charge is -2.06. The van der Waals surface area contributed by atoms with Gasteiger partial charge in [0.25, 0.3) is 0 Å². The number of aromatic carboxylic acids is 1. The maximum Gasteiger partial charge on any atom is 0.417 e. The molecular formula is C18H11ClF3N3O3. The van der Waals surface area contributed by atoms with Gasteiger partial charge in [-0.05, 0) is 42.5 Å². The first-order chi connectivity index (χ1) is 13.2. The number of rotatable bonds is 5. The van der Waals surface area contributed by atoms with E-state index in [-0.39, 0.29) is 11.4 Å². The second kappa shape index (κ2) is 7.73. The van der Waals surface area contributed by atoms with Crippen molar-refractivity contribution in [3.63, 3.8) is 0 Å². The number of anilines is 1. The molecule has 0 fully saturated rings. The summed E-state index contributed by atoms with van der Waals surface area (Å²) in [7, 11) is 0.